The number of rotatable bonds is 3. The maximum Gasteiger partial charge on any atom is 0.225 e. The Morgan fingerprint density at radius 2 is 2.19 bits per heavy atom. The normalized spacial score (nSPS) is 20.0. The maximum atomic E-state index is 11.5. The van der Waals surface area contributed by atoms with Gasteiger partial charge in [-0.2, -0.15) is 0 Å². The standard InChI is InChI=1S/C11H22N4O/c1-8-7-14-10(15-8)13-6-5-12-9(16)11(2,3)4/h8H,5-7H2,1-4H3,(H,12,16)(H2,13,14,15). The number of amides is 1. The van der Waals surface area contributed by atoms with Crippen LogP contribution in [0.15, 0.2) is 4.99 Å². The van der Waals surface area contributed by atoms with Crippen molar-refractivity contribution in [1.29, 1.82) is 0 Å². The lowest BCUT2D eigenvalue weighted by molar-refractivity contribution is -0.128. The van der Waals surface area contributed by atoms with Crippen LogP contribution in [0.3, 0.4) is 0 Å². The van der Waals surface area contributed by atoms with Gasteiger partial charge in [-0.25, -0.2) is 0 Å². The first-order valence-electron chi connectivity index (χ1n) is 5.73. The Kier molecular flexibility index (Phi) is 4.15. The third kappa shape index (κ3) is 4.08. The highest BCUT2D eigenvalue weighted by atomic mass is 16.2. The molecule has 0 saturated heterocycles. The van der Waals surface area contributed by atoms with Crippen LogP contribution < -0.4 is 16.0 Å². The topological polar surface area (TPSA) is 65.5 Å². The monoisotopic (exact) mass is 226 g/mol. The molecule has 0 spiro atoms. The second-order valence-corrected chi connectivity index (χ2v) is 5.17. The lowest BCUT2D eigenvalue weighted by Crippen LogP contribution is -2.43. The van der Waals surface area contributed by atoms with E-state index in [-0.39, 0.29) is 11.3 Å². The lowest BCUT2D eigenvalue weighted by atomic mass is 9.96. The van der Waals surface area contributed by atoms with E-state index >= 15 is 0 Å². The van der Waals surface area contributed by atoms with Gasteiger partial charge in [-0.05, 0) is 6.92 Å². The van der Waals surface area contributed by atoms with Crippen LogP contribution in [0, 0.1) is 5.41 Å². The summed E-state index contributed by atoms with van der Waals surface area (Å²) in [6.07, 6.45) is 0. The summed E-state index contributed by atoms with van der Waals surface area (Å²) >= 11 is 0. The molecule has 0 saturated carbocycles. The molecule has 0 aromatic heterocycles. The van der Waals surface area contributed by atoms with E-state index in [0.29, 0.717) is 19.1 Å². The molecule has 5 nitrogen and oxygen atoms in total. The summed E-state index contributed by atoms with van der Waals surface area (Å²) in [6, 6.07) is 0.409. The highest BCUT2D eigenvalue weighted by molar-refractivity contribution is 5.82. The van der Waals surface area contributed by atoms with Gasteiger partial charge in [-0.3, -0.25) is 9.79 Å². The van der Waals surface area contributed by atoms with Gasteiger partial charge in [-0.1, -0.05) is 20.8 Å². The van der Waals surface area contributed by atoms with Crippen molar-refractivity contribution >= 4 is 11.9 Å². The number of carbonyl (C=O) groups excluding carboxylic acids is 1. The fraction of sp³-hybridized carbons (Fsp3) is 0.818. The number of nitrogens with one attached hydrogen (secondary N) is 3. The number of carbonyl (C=O) groups is 1. The van der Waals surface area contributed by atoms with Gasteiger partial charge in [0, 0.05) is 24.5 Å². The SMILES string of the molecule is CC1CN=C(NCCNC(=O)C(C)(C)C)N1. The average Bonchev–Trinajstić information content (AvgIpc) is 2.57. The third-order valence-corrected chi connectivity index (χ3v) is 2.29. The molecule has 1 aliphatic heterocycles. The van der Waals surface area contributed by atoms with E-state index in [1.54, 1.807) is 0 Å². The molecule has 0 bridgehead atoms. The van der Waals surface area contributed by atoms with Gasteiger partial charge in [0.25, 0.3) is 0 Å². The van der Waals surface area contributed by atoms with Crippen LogP contribution in [0.5, 0.6) is 0 Å². The number of nitrogens with zero attached hydrogens (tertiary/aromatic N) is 1. The molecule has 0 aromatic carbocycles. The van der Waals surface area contributed by atoms with E-state index in [4.69, 9.17) is 0 Å². The Labute approximate surface area is 97.1 Å². The summed E-state index contributed by atoms with van der Waals surface area (Å²) in [5, 5.41) is 9.21. The van der Waals surface area contributed by atoms with Crippen molar-refractivity contribution < 1.29 is 4.79 Å². The summed E-state index contributed by atoms with van der Waals surface area (Å²) < 4.78 is 0. The van der Waals surface area contributed by atoms with Gasteiger partial charge in [0.1, 0.15) is 0 Å². The summed E-state index contributed by atoms with van der Waals surface area (Å²) in [5.41, 5.74) is -0.322. The Bertz CT molecular complexity index is 280. The van der Waals surface area contributed by atoms with Gasteiger partial charge in [0.05, 0.1) is 6.54 Å². The first-order valence-corrected chi connectivity index (χ1v) is 5.73. The fourth-order valence-electron chi connectivity index (χ4n) is 1.28. The number of aliphatic imine (C=N–C) groups is 1. The second-order valence-electron chi connectivity index (χ2n) is 5.17. The molecule has 0 aromatic rings. The van der Waals surface area contributed by atoms with E-state index in [0.717, 1.165) is 12.5 Å². The molecule has 0 fully saturated rings. The van der Waals surface area contributed by atoms with Crippen LogP contribution in [0.1, 0.15) is 27.7 Å². The third-order valence-electron chi connectivity index (χ3n) is 2.29. The Morgan fingerprint density at radius 1 is 1.50 bits per heavy atom. The van der Waals surface area contributed by atoms with Crippen molar-refractivity contribution in [3.8, 4) is 0 Å². The van der Waals surface area contributed by atoms with E-state index in [1.807, 2.05) is 20.8 Å². The van der Waals surface area contributed by atoms with Crippen molar-refractivity contribution in [3.63, 3.8) is 0 Å². The molecule has 3 N–H and O–H groups in total. The van der Waals surface area contributed by atoms with Crippen LogP contribution in [-0.4, -0.2) is 37.5 Å². The fourth-order valence-corrected chi connectivity index (χ4v) is 1.28. The van der Waals surface area contributed by atoms with Crippen molar-refractivity contribution in [2.45, 2.75) is 33.7 Å². The molecule has 1 rings (SSSR count). The Balaban J connectivity index is 2.11. The van der Waals surface area contributed by atoms with Gasteiger partial charge < -0.3 is 16.0 Å². The molecule has 1 aliphatic rings. The summed E-state index contributed by atoms with van der Waals surface area (Å²) in [4.78, 5) is 15.8. The zero-order chi connectivity index (χ0) is 12.2. The van der Waals surface area contributed by atoms with Crippen molar-refractivity contribution in [3.05, 3.63) is 0 Å². The number of guanidine groups is 1. The molecular weight excluding hydrogens is 204 g/mol. The predicted octanol–water partition coefficient (Wildman–Crippen LogP) is 0.0860. The van der Waals surface area contributed by atoms with E-state index in [1.165, 1.54) is 0 Å². The van der Waals surface area contributed by atoms with Crippen LogP contribution >= 0.6 is 0 Å². The molecule has 16 heavy (non-hydrogen) atoms. The molecular formula is C11H22N4O. The minimum Gasteiger partial charge on any atom is -0.355 e. The molecule has 0 aliphatic carbocycles. The molecule has 5 heteroatoms. The van der Waals surface area contributed by atoms with Crippen LogP contribution in [-0.2, 0) is 4.79 Å². The molecule has 1 unspecified atom stereocenters. The maximum absolute atomic E-state index is 11.5. The number of hydrogen-bond acceptors (Lipinski definition) is 4. The van der Waals surface area contributed by atoms with Crippen LogP contribution in [0.4, 0.5) is 0 Å². The van der Waals surface area contributed by atoms with Gasteiger partial charge in [-0.15, -0.1) is 0 Å². The predicted molar refractivity (Wildman–Crippen MR) is 65.4 cm³/mol. The summed E-state index contributed by atoms with van der Waals surface area (Å²) in [6.45, 7) is 9.92. The lowest BCUT2D eigenvalue weighted by Gasteiger charge is -2.17. The zero-order valence-electron chi connectivity index (χ0n) is 10.6. The highest BCUT2D eigenvalue weighted by Crippen LogP contribution is 2.11. The molecule has 1 heterocycles. The highest BCUT2D eigenvalue weighted by Gasteiger charge is 2.20. The van der Waals surface area contributed by atoms with Gasteiger partial charge in [0.2, 0.25) is 5.91 Å². The minimum absolute atomic E-state index is 0.0731. The zero-order valence-corrected chi connectivity index (χ0v) is 10.6. The Hall–Kier alpha value is -1.26. The minimum atomic E-state index is -0.322. The van der Waals surface area contributed by atoms with Crippen LogP contribution in [0.25, 0.3) is 0 Å². The van der Waals surface area contributed by atoms with Crippen molar-refractivity contribution in [2.75, 3.05) is 19.6 Å². The molecule has 1 amide bonds. The summed E-state index contributed by atoms with van der Waals surface area (Å²) in [5.74, 6) is 0.904. The van der Waals surface area contributed by atoms with E-state index in [9.17, 15) is 4.79 Å². The summed E-state index contributed by atoms with van der Waals surface area (Å²) in [7, 11) is 0. The second kappa shape index (κ2) is 5.18. The quantitative estimate of drug-likeness (QED) is 0.597. The molecule has 1 atom stereocenters. The van der Waals surface area contributed by atoms with E-state index in [2.05, 4.69) is 27.9 Å². The number of hydrogen-bond donors (Lipinski definition) is 3. The van der Waals surface area contributed by atoms with Gasteiger partial charge in [0.15, 0.2) is 5.96 Å². The smallest absolute Gasteiger partial charge is 0.225 e. The molecule has 92 valence electrons. The Morgan fingerprint density at radius 3 is 2.69 bits per heavy atom. The van der Waals surface area contributed by atoms with Crippen LogP contribution in [0.2, 0.25) is 0 Å². The average molecular weight is 226 g/mol. The first-order chi connectivity index (χ1) is 7.39. The first kappa shape index (κ1) is 12.8. The largest absolute Gasteiger partial charge is 0.355 e. The molecule has 0 radical (unpaired) electrons. The van der Waals surface area contributed by atoms with E-state index < -0.39 is 0 Å². The van der Waals surface area contributed by atoms with Crippen molar-refractivity contribution in [1.82, 2.24) is 16.0 Å². The van der Waals surface area contributed by atoms with Crippen molar-refractivity contribution in [2.24, 2.45) is 10.4 Å². The van der Waals surface area contributed by atoms with Gasteiger partial charge >= 0.3 is 0 Å².